The predicted octanol–water partition coefficient (Wildman–Crippen LogP) is 3.02. The molecule has 0 bridgehead atoms. The molecule has 0 N–H and O–H groups in total. The summed E-state index contributed by atoms with van der Waals surface area (Å²) in [5, 5.41) is 0. The van der Waals surface area contributed by atoms with E-state index in [-0.39, 0.29) is 18.0 Å². The number of fused-ring (bicyclic) bond motifs is 3. The number of carbonyl (C=O) groups is 1. The molecular weight excluding hydrogens is 212 g/mol. The molecule has 2 aliphatic carbocycles. The van der Waals surface area contributed by atoms with Crippen LogP contribution < -0.4 is 0 Å². The van der Waals surface area contributed by atoms with Crippen LogP contribution in [0.25, 0.3) is 0 Å². The third-order valence-corrected chi connectivity index (χ3v) is 4.66. The molecule has 4 atom stereocenters. The van der Waals surface area contributed by atoms with Gasteiger partial charge in [-0.3, -0.25) is 0 Å². The first-order valence-corrected chi connectivity index (χ1v) is 6.33. The van der Waals surface area contributed by atoms with Crippen molar-refractivity contribution >= 4 is 5.97 Å². The van der Waals surface area contributed by atoms with E-state index in [9.17, 15) is 4.79 Å². The van der Waals surface area contributed by atoms with Gasteiger partial charge in [0.1, 0.15) is 6.10 Å². The van der Waals surface area contributed by atoms with Gasteiger partial charge in [0.05, 0.1) is 0 Å². The smallest absolute Gasteiger partial charge is 0.334 e. The maximum Gasteiger partial charge on any atom is 0.334 e. The lowest BCUT2D eigenvalue weighted by Gasteiger charge is -2.26. The topological polar surface area (TPSA) is 26.3 Å². The first-order valence-electron chi connectivity index (χ1n) is 6.33. The van der Waals surface area contributed by atoms with E-state index in [1.54, 1.807) is 0 Å². The minimum atomic E-state index is -0.202. The number of hydrogen-bond donors (Lipinski definition) is 0. The zero-order chi connectivity index (χ0) is 12.2. The van der Waals surface area contributed by atoms with Crippen LogP contribution in [0.1, 0.15) is 26.2 Å². The Labute approximate surface area is 102 Å². The van der Waals surface area contributed by atoms with E-state index in [2.05, 4.69) is 26.2 Å². The maximum atomic E-state index is 11.7. The Morgan fingerprint density at radius 3 is 2.88 bits per heavy atom. The summed E-state index contributed by atoms with van der Waals surface area (Å²) < 4.78 is 5.56. The van der Waals surface area contributed by atoms with Crippen LogP contribution in [0.3, 0.4) is 0 Å². The molecule has 2 nitrogen and oxygen atoms in total. The molecule has 1 saturated heterocycles. The molecule has 0 spiro atoms. The minimum absolute atomic E-state index is 0.0105. The van der Waals surface area contributed by atoms with Crippen LogP contribution in [0.4, 0.5) is 0 Å². The fourth-order valence-electron chi connectivity index (χ4n) is 3.64. The third-order valence-electron chi connectivity index (χ3n) is 4.66. The second-order valence-corrected chi connectivity index (χ2v) is 5.51. The molecule has 0 amide bonds. The van der Waals surface area contributed by atoms with Gasteiger partial charge in [-0.2, -0.15) is 0 Å². The summed E-state index contributed by atoms with van der Waals surface area (Å²) in [5.74, 6) is 0.812. The van der Waals surface area contributed by atoms with Crippen LogP contribution in [-0.4, -0.2) is 12.1 Å². The summed E-state index contributed by atoms with van der Waals surface area (Å²) in [6, 6.07) is 0. The van der Waals surface area contributed by atoms with Crippen molar-refractivity contribution in [1.82, 2.24) is 0 Å². The first kappa shape index (κ1) is 10.8. The lowest BCUT2D eigenvalue weighted by Crippen LogP contribution is -2.29. The molecule has 1 saturated carbocycles. The number of carbonyl (C=O) groups excluding carboxylic acids is 1. The molecule has 1 aliphatic heterocycles. The van der Waals surface area contributed by atoms with Crippen molar-refractivity contribution in [3.63, 3.8) is 0 Å². The molecule has 0 aromatic heterocycles. The Kier molecular flexibility index (Phi) is 2.29. The lowest BCUT2D eigenvalue weighted by molar-refractivity contribution is -0.141. The third kappa shape index (κ3) is 1.43. The van der Waals surface area contributed by atoms with Crippen LogP contribution in [0.2, 0.25) is 0 Å². The molecule has 1 heterocycles. The van der Waals surface area contributed by atoms with Crippen LogP contribution >= 0.6 is 0 Å². The van der Waals surface area contributed by atoms with Gasteiger partial charge >= 0.3 is 5.97 Å². The number of ether oxygens (including phenoxy) is 1. The predicted molar refractivity (Wildman–Crippen MR) is 66.2 cm³/mol. The van der Waals surface area contributed by atoms with Gasteiger partial charge in [0, 0.05) is 17.4 Å². The monoisotopic (exact) mass is 230 g/mol. The van der Waals surface area contributed by atoms with Crippen molar-refractivity contribution in [3.8, 4) is 0 Å². The normalized spacial score (nSPS) is 40.5. The standard InChI is InChI=1S/C15H18O2/c1-8-4-7-12-10(3)15(16)17-14(12)13-9(2)5-6-11(8)13/h4,11-14H,2-3,5-7H2,1H3/t11-,12+,13-,14+/m1/s1. The Morgan fingerprint density at radius 2 is 2.12 bits per heavy atom. The van der Waals surface area contributed by atoms with Gasteiger partial charge in [0.2, 0.25) is 0 Å². The van der Waals surface area contributed by atoms with Gasteiger partial charge in [-0.1, -0.05) is 30.4 Å². The van der Waals surface area contributed by atoms with Crippen molar-refractivity contribution < 1.29 is 9.53 Å². The maximum absolute atomic E-state index is 11.7. The van der Waals surface area contributed by atoms with E-state index < -0.39 is 0 Å². The molecule has 3 rings (SSSR count). The van der Waals surface area contributed by atoms with Crippen molar-refractivity contribution in [1.29, 1.82) is 0 Å². The molecule has 2 heteroatoms. The first-order chi connectivity index (χ1) is 8.09. The summed E-state index contributed by atoms with van der Waals surface area (Å²) in [6.45, 7) is 10.3. The molecule has 2 fully saturated rings. The molecule has 17 heavy (non-hydrogen) atoms. The molecule has 0 aromatic carbocycles. The van der Waals surface area contributed by atoms with Crippen molar-refractivity contribution in [2.24, 2.45) is 17.8 Å². The summed E-state index contributed by atoms with van der Waals surface area (Å²) >= 11 is 0. The highest BCUT2D eigenvalue weighted by atomic mass is 16.6. The van der Waals surface area contributed by atoms with E-state index in [1.165, 1.54) is 11.1 Å². The van der Waals surface area contributed by atoms with Gasteiger partial charge in [-0.15, -0.1) is 0 Å². The Morgan fingerprint density at radius 1 is 1.35 bits per heavy atom. The average molecular weight is 230 g/mol. The summed E-state index contributed by atoms with van der Waals surface area (Å²) in [6.07, 6.45) is 5.37. The molecule has 0 unspecified atom stereocenters. The molecule has 90 valence electrons. The summed E-state index contributed by atoms with van der Waals surface area (Å²) in [5.41, 5.74) is 3.34. The second-order valence-electron chi connectivity index (χ2n) is 5.51. The number of allylic oxidation sites excluding steroid dienone is 2. The van der Waals surface area contributed by atoms with Crippen molar-refractivity contribution in [2.45, 2.75) is 32.3 Å². The van der Waals surface area contributed by atoms with Crippen LogP contribution in [0.15, 0.2) is 36.0 Å². The number of esters is 1. The molecule has 0 aromatic rings. The average Bonchev–Trinajstić information content (AvgIpc) is 2.75. The summed E-state index contributed by atoms with van der Waals surface area (Å²) in [4.78, 5) is 11.7. The second kappa shape index (κ2) is 3.59. The van der Waals surface area contributed by atoms with Crippen molar-refractivity contribution in [3.05, 3.63) is 36.0 Å². The van der Waals surface area contributed by atoms with Gasteiger partial charge in [-0.25, -0.2) is 4.79 Å². The van der Waals surface area contributed by atoms with Gasteiger partial charge in [-0.05, 0) is 32.1 Å². The zero-order valence-corrected chi connectivity index (χ0v) is 10.2. The zero-order valence-electron chi connectivity index (χ0n) is 10.2. The van der Waals surface area contributed by atoms with E-state index >= 15 is 0 Å². The van der Waals surface area contributed by atoms with Crippen LogP contribution in [0, 0.1) is 17.8 Å². The Bertz CT molecular complexity index is 444. The fourth-order valence-corrected chi connectivity index (χ4v) is 3.64. The SMILES string of the molecule is C=C1CC[C@@H]2C(C)=CC[C@H]3C(=C)C(=O)O[C@@H]3[C@H]12. The minimum Gasteiger partial charge on any atom is -0.458 e. The summed E-state index contributed by atoms with van der Waals surface area (Å²) in [7, 11) is 0. The number of rotatable bonds is 0. The van der Waals surface area contributed by atoms with Crippen LogP contribution in [0.5, 0.6) is 0 Å². The fraction of sp³-hybridized carbons (Fsp3) is 0.533. The van der Waals surface area contributed by atoms with E-state index in [0.29, 0.717) is 17.4 Å². The van der Waals surface area contributed by atoms with E-state index in [1.807, 2.05) is 0 Å². The largest absolute Gasteiger partial charge is 0.458 e. The Hall–Kier alpha value is -1.31. The van der Waals surface area contributed by atoms with E-state index in [4.69, 9.17) is 4.74 Å². The highest BCUT2D eigenvalue weighted by Crippen LogP contribution is 2.50. The van der Waals surface area contributed by atoms with Crippen LogP contribution in [-0.2, 0) is 9.53 Å². The Balaban J connectivity index is 2.03. The highest BCUT2D eigenvalue weighted by molar-refractivity contribution is 5.91. The van der Waals surface area contributed by atoms with Crippen molar-refractivity contribution in [2.75, 3.05) is 0 Å². The molecule has 3 aliphatic rings. The molecule has 0 radical (unpaired) electrons. The number of hydrogen-bond acceptors (Lipinski definition) is 2. The quantitative estimate of drug-likeness (QED) is 0.363. The van der Waals surface area contributed by atoms with Gasteiger partial charge in [0.15, 0.2) is 0 Å². The van der Waals surface area contributed by atoms with Gasteiger partial charge in [0.25, 0.3) is 0 Å². The highest BCUT2D eigenvalue weighted by Gasteiger charge is 2.49. The van der Waals surface area contributed by atoms with Gasteiger partial charge < -0.3 is 4.74 Å². The molecular formula is C15H18O2. The lowest BCUT2D eigenvalue weighted by atomic mass is 9.81. The van der Waals surface area contributed by atoms with E-state index in [0.717, 1.165) is 19.3 Å².